The molecular formula is C40H33N7O5S3. The Balaban J connectivity index is 1.04. The normalized spacial score (nSPS) is 17.3. The summed E-state index contributed by atoms with van der Waals surface area (Å²) >= 11 is 4.21. The van der Waals surface area contributed by atoms with Gasteiger partial charge in [-0.1, -0.05) is 102 Å². The summed E-state index contributed by atoms with van der Waals surface area (Å²) in [6, 6.07) is 29.2. The first-order valence-electron chi connectivity index (χ1n) is 17.1. The summed E-state index contributed by atoms with van der Waals surface area (Å²) < 4.78 is 1.96. The maximum absolute atomic E-state index is 13.8. The van der Waals surface area contributed by atoms with Gasteiger partial charge in [-0.15, -0.1) is 34.4 Å². The van der Waals surface area contributed by atoms with Gasteiger partial charge >= 0.3 is 5.97 Å². The lowest BCUT2D eigenvalue weighted by Gasteiger charge is -2.49. The number of aryl methyl sites for hydroxylation is 1. The molecule has 0 unspecified atom stereocenters. The number of allylic oxidation sites excluding steroid dienone is 1. The summed E-state index contributed by atoms with van der Waals surface area (Å²) in [5, 5.41) is 22.3. The van der Waals surface area contributed by atoms with Crippen molar-refractivity contribution in [2.24, 2.45) is 5.16 Å². The summed E-state index contributed by atoms with van der Waals surface area (Å²) in [5.41, 5.74) is 3.60. The molecule has 1 saturated heterocycles. The van der Waals surface area contributed by atoms with Crippen molar-refractivity contribution in [2.45, 2.75) is 23.9 Å². The molecule has 2 aliphatic rings. The van der Waals surface area contributed by atoms with Crippen LogP contribution in [0.1, 0.15) is 33.0 Å². The Kier molecular flexibility index (Phi) is 9.82. The molecule has 0 bridgehead atoms. The van der Waals surface area contributed by atoms with Crippen LogP contribution >= 0.6 is 34.4 Å². The number of nitrogens with one attached hydrogen (secondary N) is 2. The number of anilines is 1. The fraction of sp³-hybridized carbons (Fsp3) is 0.150. The van der Waals surface area contributed by atoms with Gasteiger partial charge in [-0.2, -0.15) is 0 Å². The molecule has 0 aliphatic carbocycles. The standard InChI is InChI=1S/C40H33N7O5S3/c1-24-30(55-31-20-41-23-46(24)31)19-18-25-21-53-37-33(36(49)47(37)34(25)38(50)51)43-35(48)32(45-52-2)29-22-54-39(42-29)44-40(26-12-6-3-7-13-26,27-14-8-4-9-15-27)28-16-10-5-11-17-28/h3-20,22-23,33,37H,21H2,1-2H3,(H,42,44)(H,43,48)(H,50,51)/b19-18+,45-32-/t33-,37-/m1/s1. The average Bonchev–Trinajstić information content (AvgIpc) is 3.96. The van der Waals surface area contributed by atoms with E-state index in [9.17, 15) is 19.5 Å². The molecule has 3 N–H and O–H groups in total. The van der Waals surface area contributed by atoms with Crippen LogP contribution in [0.3, 0.4) is 0 Å². The number of aliphatic carboxylic acids is 1. The van der Waals surface area contributed by atoms with E-state index in [1.165, 1.54) is 46.4 Å². The molecule has 2 aliphatic heterocycles. The molecule has 0 saturated carbocycles. The van der Waals surface area contributed by atoms with E-state index in [4.69, 9.17) is 9.82 Å². The van der Waals surface area contributed by atoms with Crippen LogP contribution in [0.25, 0.3) is 10.9 Å². The van der Waals surface area contributed by atoms with Gasteiger partial charge in [0, 0.05) is 21.7 Å². The second-order valence-electron chi connectivity index (χ2n) is 12.7. The molecule has 6 aromatic rings. The topological polar surface area (TPSA) is 151 Å². The fourth-order valence-corrected chi connectivity index (χ4v) is 9.98. The van der Waals surface area contributed by atoms with E-state index < -0.39 is 34.7 Å². The zero-order valence-corrected chi connectivity index (χ0v) is 31.9. The number of nitrogens with zero attached hydrogens (tertiary/aromatic N) is 5. The minimum Gasteiger partial charge on any atom is -0.477 e. The zero-order chi connectivity index (χ0) is 38.1. The van der Waals surface area contributed by atoms with Crippen molar-refractivity contribution in [1.82, 2.24) is 24.6 Å². The molecule has 0 radical (unpaired) electrons. The van der Waals surface area contributed by atoms with E-state index in [1.807, 2.05) is 72.0 Å². The van der Waals surface area contributed by atoms with Crippen LogP contribution in [0.4, 0.5) is 5.13 Å². The molecule has 3 aromatic heterocycles. The largest absolute Gasteiger partial charge is 0.477 e. The Morgan fingerprint density at radius 1 is 0.982 bits per heavy atom. The first-order valence-corrected chi connectivity index (χ1v) is 19.9. The van der Waals surface area contributed by atoms with Crippen LogP contribution in [0.2, 0.25) is 0 Å². The van der Waals surface area contributed by atoms with Crippen molar-refractivity contribution in [1.29, 1.82) is 0 Å². The van der Waals surface area contributed by atoms with Crippen LogP contribution in [0.15, 0.2) is 131 Å². The summed E-state index contributed by atoms with van der Waals surface area (Å²) in [6.07, 6.45) is 7.11. The highest BCUT2D eigenvalue weighted by Gasteiger charge is 2.54. The Labute approximate surface area is 327 Å². The SMILES string of the molecule is CO/N=C(\C(=O)N[C@@H]1C(=O)N2C(C(=O)O)=C(/C=C/c3sc4cncn4c3C)CS[C@H]12)c1csc(NC(c2ccccc2)(c2ccccc2)c2ccccc2)n1. The molecule has 3 aromatic carbocycles. The number of hydrogen-bond acceptors (Lipinski definition) is 11. The molecule has 5 heterocycles. The number of carboxylic acids is 1. The van der Waals surface area contributed by atoms with Crippen LogP contribution < -0.4 is 10.6 Å². The smallest absolute Gasteiger partial charge is 0.352 e. The summed E-state index contributed by atoms with van der Waals surface area (Å²) in [5.74, 6) is -2.10. The third-order valence-electron chi connectivity index (χ3n) is 9.52. The van der Waals surface area contributed by atoms with Gasteiger partial charge < -0.3 is 20.6 Å². The molecule has 2 amide bonds. The summed E-state index contributed by atoms with van der Waals surface area (Å²) in [6.45, 7) is 1.96. The number of carbonyl (C=O) groups excluding carboxylic acids is 2. The van der Waals surface area contributed by atoms with E-state index in [1.54, 1.807) is 24.0 Å². The number of β-lactam (4-membered cyclic amide) rings is 1. The Morgan fingerprint density at radius 2 is 1.62 bits per heavy atom. The third-order valence-corrected chi connectivity index (χ3v) is 12.7. The lowest BCUT2D eigenvalue weighted by atomic mass is 9.77. The number of oxime groups is 1. The quantitative estimate of drug-likeness (QED) is 0.0557. The predicted octanol–water partition coefficient (Wildman–Crippen LogP) is 6.37. The molecular weight excluding hydrogens is 755 g/mol. The molecule has 276 valence electrons. The lowest BCUT2D eigenvalue weighted by molar-refractivity contribution is -0.150. The van der Waals surface area contributed by atoms with Gasteiger partial charge in [0.25, 0.3) is 11.8 Å². The number of amides is 2. The predicted molar refractivity (Wildman–Crippen MR) is 215 cm³/mol. The fourth-order valence-electron chi connectivity index (χ4n) is 6.90. The van der Waals surface area contributed by atoms with Gasteiger partial charge in [0.2, 0.25) is 0 Å². The lowest BCUT2D eigenvalue weighted by Crippen LogP contribution is -2.71. The molecule has 55 heavy (non-hydrogen) atoms. The number of rotatable bonds is 12. The van der Waals surface area contributed by atoms with E-state index in [0.29, 0.717) is 16.5 Å². The van der Waals surface area contributed by atoms with Crippen molar-refractivity contribution in [2.75, 3.05) is 18.2 Å². The Hall–Kier alpha value is -6.03. The number of hydrogen-bond donors (Lipinski definition) is 3. The maximum atomic E-state index is 13.8. The van der Waals surface area contributed by atoms with E-state index in [2.05, 4.69) is 57.2 Å². The van der Waals surface area contributed by atoms with Crippen molar-refractivity contribution in [3.05, 3.63) is 159 Å². The number of carbonyl (C=O) groups is 3. The van der Waals surface area contributed by atoms with Crippen LogP contribution in [-0.2, 0) is 24.8 Å². The number of imidazole rings is 1. The van der Waals surface area contributed by atoms with Gasteiger partial charge in [-0.25, -0.2) is 14.8 Å². The number of carboxylic acid groups (broad SMARTS) is 1. The second-order valence-corrected chi connectivity index (χ2v) is 15.7. The Bertz CT molecular complexity index is 2400. The number of thiazole rings is 2. The average molecular weight is 788 g/mol. The van der Waals surface area contributed by atoms with Gasteiger partial charge in [0.15, 0.2) is 10.8 Å². The number of aromatic nitrogens is 3. The molecule has 15 heteroatoms. The number of benzene rings is 3. The molecule has 2 atom stereocenters. The van der Waals surface area contributed by atoms with Crippen molar-refractivity contribution in [3.8, 4) is 0 Å². The Morgan fingerprint density at radius 3 is 2.20 bits per heavy atom. The van der Waals surface area contributed by atoms with Crippen molar-refractivity contribution >= 4 is 74.0 Å². The van der Waals surface area contributed by atoms with Gasteiger partial charge in [-0.05, 0) is 35.3 Å². The second kappa shape index (κ2) is 15.0. The monoisotopic (exact) mass is 787 g/mol. The van der Waals surface area contributed by atoms with Gasteiger partial charge in [0.1, 0.15) is 46.6 Å². The van der Waals surface area contributed by atoms with Crippen molar-refractivity contribution < 1.29 is 24.3 Å². The molecule has 8 rings (SSSR count). The summed E-state index contributed by atoms with van der Waals surface area (Å²) in [4.78, 5) is 57.1. The molecule has 1 fully saturated rings. The number of thioether (sulfide) groups is 1. The minimum absolute atomic E-state index is 0.0993. The van der Waals surface area contributed by atoms with Crippen LogP contribution in [-0.4, -0.2) is 72.1 Å². The van der Waals surface area contributed by atoms with Gasteiger partial charge in [-0.3, -0.25) is 18.9 Å². The van der Waals surface area contributed by atoms with E-state index in [-0.39, 0.29) is 17.1 Å². The minimum atomic E-state index is -1.22. The summed E-state index contributed by atoms with van der Waals surface area (Å²) in [7, 11) is 1.33. The zero-order valence-electron chi connectivity index (χ0n) is 29.4. The number of fused-ring (bicyclic) bond motifs is 2. The first-order chi connectivity index (χ1) is 26.8. The first kappa shape index (κ1) is 36.0. The van der Waals surface area contributed by atoms with Crippen LogP contribution in [0.5, 0.6) is 0 Å². The highest BCUT2D eigenvalue weighted by Crippen LogP contribution is 2.42. The third kappa shape index (κ3) is 6.49. The molecule has 12 nitrogen and oxygen atoms in total. The maximum Gasteiger partial charge on any atom is 0.352 e. The highest BCUT2D eigenvalue weighted by atomic mass is 32.2. The van der Waals surface area contributed by atoms with E-state index in [0.717, 1.165) is 32.1 Å². The van der Waals surface area contributed by atoms with Gasteiger partial charge in [0.05, 0.1) is 6.20 Å². The highest BCUT2D eigenvalue weighted by molar-refractivity contribution is 8.00. The molecule has 0 spiro atoms. The van der Waals surface area contributed by atoms with E-state index >= 15 is 0 Å². The van der Waals surface area contributed by atoms with Crippen molar-refractivity contribution in [3.63, 3.8) is 0 Å². The van der Waals surface area contributed by atoms with Crippen LogP contribution in [0, 0.1) is 6.92 Å².